The van der Waals surface area contributed by atoms with Crippen molar-refractivity contribution < 1.29 is 13.5 Å². The predicted molar refractivity (Wildman–Crippen MR) is 124 cm³/mol. The molecule has 0 saturated heterocycles. The molecule has 0 aliphatic carbocycles. The molecule has 0 amide bonds. The van der Waals surface area contributed by atoms with Crippen molar-refractivity contribution in [2.45, 2.75) is 19.6 Å². The van der Waals surface area contributed by atoms with E-state index in [4.69, 9.17) is 4.74 Å². The molecule has 0 bridgehead atoms. The van der Waals surface area contributed by atoms with Crippen LogP contribution >= 0.6 is 12.4 Å². The van der Waals surface area contributed by atoms with Gasteiger partial charge in [0.1, 0.15) is 24.0 Å². The number of benzene rings is 4. The average molecular weight is 440 g/mol. The number of ether oxygens (including phenoxy) is 1. The fourth-order valence-corrected chi connectivity index (χ4v) is 3.51. The third-order valence-electron chi connectivity index (χ3n) is 5.14. The zero-order valence-electron chi connectivity index (χ0n) is 17.0. The predicted octanol–water partition coefficient (Wildman–Crippen LogP) is 6.45. The van der Waals surface area contributed by atoms with E-state index in [1.807, 2.05) is 36.4 Å². The lowest BCUT2D eigenvalue weighted by Gasteiger charge is -2.15. The van der Waals surface area contributed by atoms with Gasteiger partial charge in [-0.15, -0.1) is 12.4 Å². The second kappa shape index (κ2) is 10.9. The van der Waals surface area contributed by atoms with E-state index in [9.17, 15) is 8.78 Å². The second-order valence-electron chi connectivity index (χ2n) is 7.20. The summed E-state index contributed by atoms with van der Waals surface area (Å²) in [7, 11) is 0. The van der Waals surface area contributed by atoms with Crippen LogP contribution in [0.1, 0.15) is 16.7 Å². The van der Waals surface area contributed by atoms with E-state index in [0.29, 0.717) is 31.7 Å². The van der Waals surface area contributed by atoms with E-state index in [1.54, 1.807) is 18.2 Å². The molecular weight excluding hydrogens is 416 g/mol. The summed E-state index contributed by atoms with van der Waals surface area (Å²) < 4.78 is 33.0. The van der Waals surface area contributed by atoms with Gasteiger partial charge in [0.25, 0.3) is 0 Å². The van der Waals surface area contributed by atoms with Crippen molar-refractivity contribution in [3.63, 3.8) is 0 Å². The number of hydrogen-bond acceptors (Lipinski definition) is 2. The Bertz CT molecular complexity index is 1130. The number of nitrogens with one attached hydrogen (secondary N) is 1. The van der Waals surface area contributed by atoms with E-state index in [2.05, 4.69) is 17.4 Å². The zero-order valence-corrected chi connectivity index (χ0v) is 17.8. The minimum absolute atomic E-state index is 0. The average Bonchev–Trinajstić information content (AvgIpc) is 2.78. The van der Waals surface area contributed by atoms with Crippen LogP contribution in [-0.4, -0.2) is 6.54 Å². The third kappa shape index (κ3) is 5.81. The highest BCUT2D eigenvalue weighted by Gasteiger charge is 2.10. The van der Waals surface area contributed by atoms with E-state index < -0.39 is 0 Å². The summed E-state index contributed by atoms with van der Waals surface area (Å²) in [4.78, 5) is 0. The van der Waals surface area contributed by atoms with Crippen LogP contribution in [-0.2, 0) is 19.6 Å². The van der Waals surface area contributed by atoms with Crippen molar-refractivity contribution in [1.29, 1.82) is 0 Å². The zero-order chi connectivity index (χ0) is 20.8. The molecule has 0 aliphatic rings. The van der Waals surface area contributed by atoms with Crippen molar-refractivity contribution in [3.05, 3.63) is 113 Å². The van der Waals surface area contributed by atoms with Crippen LogP contribution in [0.15, 0.2) is 84.9 Å². The highest BCUT2D eigenvalue weighted by molar-refractivity contribution is 5.87. The standard InChI is InChI=1S/C26H23F2NO.ClH/c27-22-12-9-19(10-13-22)18-30-26-14-11-20-5-1-3-7-23(20)24(26)17-29-16-15-21-6-2-4-8-25(21)28;/h1-14,29H,15-18H2;1H. The fraction of sp³-hybridized carbons (Fsp3) is 0.154. The van der Waals surface area contributed by atoms with Gasteiger partial charge in [0.05, 0.1) is 0 Å². The van der Waals surface area contributed by atoms with Gasteiger partial charge in [0.15, 0.2) is 0 Å². The Morgan fingerprint density at radius 2 is 1.52 bits per heavy atom. The first kappa shape index (κ1) is 22.7. The van der Waals surface area contributed by atoms with Crippen LogP contribution in [0.5, 0.6) is 5.75 Å². The van der Waals surface area contributed by atoms with Crippen molar-refractivity contribution in [3.8, 4) is 5.75 Å². The van der Waals surface area contributed by atoms with Crippen LogP contribution < -0.4 is 10.1 Å². The van der Waals surface area contributed by atoms with Crippen molar-refractivity contribution in [2.75, 3.05) is 6.54 Å². The first-order chi connectivity index (χ1) is 14.7. The van der Waals surface area contributed by atoms with Gasteiger partial charge in [-0.05, 0) is 59.1 Å². The van der Waals surface area contributed by atoms with E-state index in [-0.39, 0.29) is 24.0 Å². The molecule has 4 rings (SSSR count). The summed E-state index contributed by atoms with van der Waals surface area (Å²) in [6.45, 7) is 1.62. The van der Waals surface area contributed by atoms with Gasteiger partial charge < -0.3 is 10.1 Å². The molecule has 1 N–H and O–H groups in total. The molecule has 0 spiro atoms. The van der Waals surface area contributed by atoms with Gasteiger partial charge in [-0.3, -0.25) is 0 Å². The molecule has 0 unspecified atom stereocenters. The third-order valence-corrected chi connectivity index (χ3v) is 5.14. The summed E-state index contributed by atoms with van der Waals surface area (Å²) >= 11 is 0. The summed E-state index contributed by atoms with van der Waals surface area (Å²) in [5.41, 5.74) is 2.67. The molecule has 0 fully saturated rings. The Balaban J connectivity index is 0.00000272. The first-order valence-electron chi connectivity index (χ1n) is 10.0. The Morgan fingerprint density at radius 3 is 2.32 bits per heavy atom. The summed E-state index contributed by atoms with van der Waals surface area (Å²) in [6, 6.07) is 25.4. The van der Waals surface area contributed by atoms with Gasteiger partial charge in [0.2, 0.25) is 0 Å². The van der Waals surface area contributed by atoms with Crippen LogP contribution in [0.2, 0.25) is 0 Å². The molecule has 4 aromatic rings. The number of rotatable bonds is 8. The van der Waals surface area contributed by atoms with Gasteiger partial charge in [-0.1, -0.05) is 60.7 Å². The SMILES string of the molecule is Cl.Fc1ccc(COc2ccc3ccccc3c2CNCCc2ccccc2F)cc1. The minimum atomic E-state index is -0.260. The van der Waals surface area contributed by atoms with Gasteiger partial charge in [-0.25, -0.2) is 8.78 Å². The van der Waals surface area contributed by atoms with Crippen LogP contribution in [0, 0.1) is 11.6 Å². The van der Waals surface area contributed by atoms with Crippen LogP contribution in [0.4, 0.5) is 8.78 Å². The largest absolute Gasteiger partial charge is 0.489 e. The second-order valence-corrected chi connectivity index (χ2v) is 7.20. The molecular formula is C26H24ClF2NO. The molecule has 0 radical (unpaired) electrons. The molecule has 0 atom stereocenters. The Labute approximate surface area is 187 Å². The van der Waals surface area contributed by atoms with Crippen LogP contribution in [0.3, 0.4) is 0 Å². The van der Waals surface area contributed by atoms with E-state index >= 15 is 0 Å². The minimum Gasteiger partial charge on any atom is -0.489 e. The number of halogens is 3. The lowest BCUT2D eigenvalue weighted by Crippen LogP contribution is -2.18. The summed E-state index contributed by atoms with van der Waals surface area (Å²) in [5, 5.41) is 5.67. The number of hydrogen-bond donors (Lipinski definition) is 1. The Hall–Kier alpha value is -2.95. The maximum Gasteiger partial charge on any atom is 0.126 e. The van der Waals surface area contributed by atoms with Crippen molar-refractivity contribution in [2.24, 2.45) is 0 Å². The lowest BCUT2D eigenvalue weighted by molar-refractivity contribution is 0.302. The summed E-state index contributed by atoms with van der Waals surface area (Å²) in [5.74, 6) is 0.355. The fourth-order valence-electron chi connectivity index (χ4n) is 3.51. The van der Waals surface area contributed by atoms with Crippen LogP contribution in [0.25, 0.3) is 10.8 Å². The normalized spacial score (nSPS) is 10.6. The molecule has 0 aromatic heterocycles. The monoisotopic (exact) mass is 439 g/mol. The van der Waals surface area contributed by atoms with Crippen molar-refractivity contribution in [1.82, 2.24) is 5.32 Å². The molecule has 0 heterocycles. The Kier molecular flexibility index (Phi) is 7.99. The molecule has 5 heteroatoms. The maximum atomic E-state index is 13.8. The Morgan fingerprint density at radius 1 is 0.774 bits per heavy atom. The molecule has 31 heavy (non-hydrogen) atoms. The maximum absolute atomic E-state index is 13.8. The van der Waals surface area contributed by atoms with Gasteiger partial charge in [-0.2, -0.15) is 0 Å². The van der Waals surface area contributed by atoms with Gasteiger partial charge in [0, 0.05) is 12.1 Å². The first-order valence-corrected chi connectivity index (χ1v) is 10.0. The molecule has 0 aliphatic heterocycles. The molecule has 0 saturated carbocycles. The molecule has 160 valence electrons. The smallest absolute Gasteiger partial charge is 0.126 e. The summed E-state index contributed by atoms with van der Waals surface area (Å²) in [6.07, 6.45) is 0.614. The topological polar surface area (TPSA) is 21.3 Å². The molecule has 4 aromatic carbocycles. The van der Waals surface area contributed by atoms with Gasteiger partial charge >= 0.3 is 0 Å². The lowest BCUT2D eigenvalue weighted by atomic mass is 10.0. The highest BCUT2D eigenvalue weighted by atomic mass is 35.5. The van der Waals surface area contributed by atoms with E-state index in [0.717, 1.165) is 27.6 Å². The van der Waals surface area contributed by atoms with Crippen molar-refractivity contribution >= 4 is 23.2 Å². The number of fused-ring (bicyclic) bond motifs is 1. The van der Waals surface area contributed by atoms with E-state index in [1.165, 1.54) is 18.2 Å². The highest BCUT2D eigenvalue weighted by Crippen LogP contribution is 2.29. The quantitative estimate of drug-likeness (QED) is 0.318. The molecule has 2 nitrogen and oxygen atoms in total.